The molecule has 1 amide bonds. The van der Waals surface area contributed by atoms with Crippen LogP contribution in [0.5, 0.6) is 0 Å². The van der Waals surface area contributed by atoms with E-state index >= 15 is 0 Å². The van der Waals surface area contributed by atoms with Gasteiger partial charge in [0.15, 0.2) is 0 Å². The van der Waals surface area contributed by atoms with Crippen molar-refractivity contribution in [2.75, 3.05) is 25.1 Å². The van der Waals surface area contributed by atoms with Gasteiger partial charge in [0.2, 0.25) is 5.91 Å². The van der Waals surface area contributed by atoms with Crippen molar-refractivity contribution in [1.82, 2.24) is 10.2 Å². The summed E-state index contributed by atoms with van der Waals surface area (Å²) in [5.41, 5.74) is 0. The second kappa shape index (κ2) is 4.61. The monoisotopic (exact) mass is 230 g/mol. The number of amides is 1. The van der Waals surface area contributed by atoms with Crippen LogP contribution in [0.1, 0.15) is 19.3 Å². The fourth-order valence-electron chi connectivity index (χ4n) is 1.89. The maximum absolute atomic E-state index is 11.8. The van der Waals surface area contributed by atoms with Crippen molar-refractivity contribution < 1.29 is 9.00 Å². The molecule has 2 fully saturated rings. The molecule has 4 nitrogen and oxygen atoms in total. The lowest BCUT2D eigenvalue weighted by Gasteiger charge is -2.16. The zero-order valence-electron chi connectivity index (χ0n) is 9.07. The van der Waals surface area contributed by atoms with Gasteiger partial charge in [0.05, 0.1) is 6.04 Å². The van der Waals surface area contributed by atoms with Crippen LogP contribution in [-0.2, 0) is 15.6 Å². The molecule has 2 aliphatic rings. The molecule has 1 N–H and O–H groups in total. The molecule has 0 spiro atoms. The molecule has 0 aromatic rings. The summed E-state index contributed by atoms with van der Waals surface area (Å²) in [4.78, 5) is 13.7. The second-order valence-corrected chi connectivity index (χ2v) is 5.94. The number of nitrogens with zero attached hydrogens (tertiary/aromatic N) is 1. The topological polar surface area (TPSA) is 49.4 Å². The molecule has 15 heavy (non-hydrogen) atoms. The van der Waals surface area contributed by atoms with E-state index in [1.54, 1.807) is 6.26 Å². The van der Waals surface area contributed by atoms with Crippen molar-refractivity contribution in [3.63, 3.8) is 0 Å². The predicted molar refractivity (Wildman–Crippen MR) is 60.1 cm³/mol. The number of nitrogens with one attached hydrogen (secondary N) is 1. The molecule has 86 valence electrons. The van der Waals surface area contributed by atoms with E-state index in [0.29, 0.717) is 18.3 Å². The molecule has 5 heteroatoms. The van der Waals surface area contributed by atoms with E-state index in [9.17, 15) is 9.00 Å². The van der Waals surface area contributed by atoms with E-state index < -0.39 is 10.8 Å². The molecule has 1 saturated heterocycles. The first-order chi connectivity index (χ1) is 7.16. The Bertz CT molecular complexity index is 279. The summed E-state index contributed by atoms with van der Waals surface area (Å²) in [5.74, 6) is 0.800. The van der Waals surface area contributed by atoms with E-state index in [1.807, 2.05) is 4.90 Å². The Morgan fingerprint density at radius 3 is 2.80 bits per heavy atom. The van der Waals surface area contributed by atoms with Crippen LogP contribution in [0, 0.1) is 0 Å². The van der Waals surface area contributed by atoms with Crippen LogP contribution < -0.4 is 5.32 Å². The minimum Gasteiger partial charge on any atom is -0.340 e. The Hall–Kier alpha value is -0.420. The quantitative estimate of drug-likeness (QED) is 0.706. The van der Waals surface area contributed by atoms with Crippen molar-refractivity contribution in [3.05, 3.63) is 0 Å². The van der Waals surface area contributed by atoms with E-state index in [-0.39, 0.29) is 11.9 Å². The molecule has 0 radical (unpaired) electrons. The van der Waals surface area contributed by atoms with Gasteiger partial charge >= 0.3 is 0 Å². The first kappa shape index (κ1) is 11.1. The number of likely N-dealkylation sites (tertiary alicyclic amines) is 1. The highest BCUT2D eigenvalue weighted by atomic mass is 32.2. The Balaban J connectivity index is 1.77. The Morgan fingerprint density at radius 2 is 2.20 bits per heavy atom. The molecule has 0 aromatic heterocycles. The molecular formula is C10H18N2O2S. The van der Waals surface area contributed by atoms with Gasteiger partial charge in [-0.2, -0.15) is 0 Å². The van der Waals surface area contributed by atoms with E-state index in [2.05, 4.69) is 5.32 Å². The van der Waals surface area contributed by atoms with Gasteiger partial charge in [-0.3, -0.25) is 9.00 Å². The molecule has 2 unspecified atom stereocenters. The smallest absolute Gasteiger partial charge is 0.239 e. The van der Waals surface area contributed by atoms with Crippen LogP contribution in [-0.4, -0.2) is 52.2 Å². The summed E-state index contributed by atoms with van der Waals surface area (Å²) in [5, 5.41) is 3.35. The van der Waals surface area contributed by atoms with Crippen LogP contribution >= 0.6 is 0 Å². The normalized spacial score (nSPS) is 28.5. The van der Waals surface area contributed by atoms with Gasteiger partial charge in [-0.1, -0.05) is 0 Å². The van der Waals surface area contributed by atoms with Crippen molar-refractivity contribution in [2.45, 2.75) is 31.3 Å². The summed E-state index contributed by atoms with van der Waals surface area (Å²) in [6.07, 6.45) is 5.01. The minimum atomic E-state index is -0.800. The highest BCUT2D eigenvalue weighted by molar-refractivity contribution is 7.84. The average Bonchev–Trinajstić information content (AvgIpc) is 2.92. The third kappa shape index (κ3) is 3.01. The molecule has 2 atom stereocenters. The lowest BCUT2D eigenvalue weighted by molar-refractivity contribution is -0.129. The highest BCUT2D eigenvalue weighted by Gasteiger charge is 2.35. The van der Waals surface area contributed by atoms with E-state index in [1.165, 1.54) is 12.8 Å². The first-order valence-corrected chi connectivity index (χ1v) is 7.24. The zero-order valence-corrected chi connectivity index (χ0v) is 9.89. The van der Waals surface area contributed by atoms with Gasteiger partial charge in [-0.05, 0) is 19.3 Å². The van der Waals surface area contributed by atoms with E-state index in [4.69, 9.17) is 0 Å². The molecule has 2 rings (SSSR count). The molecular weight excluding hydrogens is 212 g/mol. The third-order valence-electron chi connectivity index (χ3n) is 2.96. The lowest BCUT2D eigenvalue weighted by atomic mass is 10.2. The SMILES string of the molecule is CS(=O)CCN1CCC(NC2CC2)C1=O. The Morgan fingerprint density at radius 1 is 1.47 bits per heavy atom. The number of carbonyl (C=O) groups excluding carboxylic acids is 1. The largest absolute Gasteiger partial charge is 0.340 e. The lowest BCUT2D eigenvalue weighted by Crippen LogP contribution is -2.40. The molecule has 1 heterocycles. The summed E-state index contributed by atoms with van der Waals surface area (Å²) in [6, 6.07) is 0.613. The van der Waals surface area contributed by atoms with Gasteiger partial charge in [-0.25, -0.2) is 0 Å². The van der Waals surface area contributed by atoms with Crippen molar-refractivity contribution in [1.29, 1.82) is 0 Å². The van der Waals surface area contributed by atoms with Crippen LogP contribution in [0.4, 0.5) is 0 Å². The second-order valence-electron chi connectivity index (χ2n) is 4.38. The van der Waals surface area contributed by atoms with Gasteiger partial charge in [0, 0.05) is 41.9 Å². The van der Waals surface area contributed by atoms with Crippen LogP contribution in [0.15, 0.2) is 0 Å². The molecule has 1 aliphatic carbocycles. The third-order valence-corrected chi connectivity index (χ3v) is 3.72. The fraction of sp³-hybridized carbons (Fsp3) is 0.900. The molecule has 1 saturated carbocycles. The molecule has 0 aromatic carbocycles. The number of rotatable bonds is 5. The van der Waals surface area contributed by atoms with Gasteiger partial charge < -0.3 is 10.2 Å². The average molecular weight is 230 g/mol. The number of carbonyl (C=O) groups is 1. The van der Waals surface area contributed by atoms with Crippen LogP contribution in [0.25, 0.3) is 0 Å². The van der Waals surface area contributed by atoms with E-state index in [0.717, 1.165) is 13.0 Å². The van der Waals surface area contributed by atoms with Gasteiger partial charge in [-0.15, -0.1) is 0 Å². The van der Waals surface area contributed by atoms with Crippen LogP contribution in [0.3, 0.4) is 0 Å². The summed E-state index contributed by atoms with van der Waals surface area (Å²) in [6.45, 7) is 1.46. The molecule has 0 bridgehead atoms. The summed E-state index contributed by atoms with van der Waals surface area (Å²) >= 11 is 0. The maximum atomic E-state index is 11.8. The minimum absolute atomic E-state index is 0.0304. The summed E-state index contributed by atoms with van der Waals surface area (Å²) in [7, 11) is -0.800. The van der Waals surface area contributed by atoms with Gasteiger partial charge in [0.1, 0.15) is 0 Å². The van der Waals surface area contributed by atoms with Crippen molar-refractivity contribution >= 4 is 16.7 Å². The number of hydrogen-bond acceptors (Lipinski definition) is 3. The summed E-state index contributed by atoms with van der Waals surface area (Å²) < 4.78 is 10.9. The fourth-order valence-corrected chi connectivity index (χ4v) is 2.37. The van der Waals surface area contributed by atoms with Gasteiger partial charge in [0.25, 0.3) is 0 Å². The zero-order chi connectivity index (χ0) is 10.8. The Kier molecular flexibility index (Phi) is 3.41. The number of hydrogen-bond donors (Lipinski definition) is 1. The molecule has 1 aliphatic heterocycles. The standard InChI is InChI=1S/C10H18N2O2S/c1-15(14)7-6-12-5-4-9(10(12)13)11-8-2-3-8/h8-9,11H,2-7H2,1H3. The Labute approximate surface area is 92.9 Å². The van der Waals surface area contributed by atoms with Crippen LogP contribution in [0.2, 0.25) is 0 Å². The van der Waals surface area contributed by atoms with Crippen molar-refractivity contribution in [2.24, 2.45) is 0 Å². The van der Waals surface area contributed by atoms with Crippen molar-refractivity contribution in [3.8, 4) is 0 Å². The predicted octanol–water partition coefficient (Wildman–Crippen LogP) is -0.282. The first-order valence-electron chi connectivity index (χ1n) is 5.51. The highest BCUT2D eigenvalue weighted by Crippen LogP contribution is 2.22. The maximum Gasteiger partial charge on any atom is 0.239 e.